The summed E-state index contributed by atoms with van der Waals surface area (Å²) in [6.45, 7) is 5.23. The molecule has 1 aromatic heterocycles. The monoisotopic (exact) mass is 373 g/mol. The normalized spacial score (nSPS) is 10.8. The fourth-order valence-electron chi connectivity index (χ4n) is 3.33. The van der Waals surface area contributed by atoms with Crippen LogP contribution >= 0.6 is 0 Å². The zero-order valence-electron chi connectivity index (χ0n) is 17.2. The molecule has 0 unspecified atom stereocenters. The molecule has 0 spiro atoms. The van der Waals surface area contributed by atoms with Crippen LogP contribution in [0.25, 0.3) is 22.4 Å². The number of aromatic nitrogens is 1. The largest absolute Gasteiger partial charge is 0.494 e. The van der Waals surface area contributed by atoms with Crippen molar-refractivity contribution in [2.24, 2.45) is 0 Å². The van der Waals surface area contributed by atoms with E-state index in [0.29, 0.717) is 0 Å². The van der Waals surface area contributed by atoms with Gasteiger partial charge < -0.3 is 4.74 Å². The molecule has 3 aromatic rings. The molecule has 146 valence electrons. The molecule has 2 nitrogen and oxygen atoms in total. The van der Waals surface area contributed by atoms with Crippen LogP contribution in [0.4, 0.5) is 0 Å². The topological polar surface area (TPSA) is 22.1 Å². The molecule has 1 heterocycles. The lowest BCUT2D eigenvalue weighted by atomic mass is 10.0. The molecular formula is C26H31NO. The Morgan fingerprint density at radius 1 is 0.679 bits per heavy atom. The lowest BCUT2D eigenvalue weighted by molar-refractivity contribution is 0.305. The van der Waals surface area contributed by atoms with Crippen LogP contribution in [0.2, 0.25) is 0 Å². The quantitative estimate of drug-likeness (QED) is 0.347. The van der Waals surface area contributed by atoms with Crippen LogP contribution in [0, 0.1) is 0 Å². The van der Waals surface area contributed by atoms with E-state index in [-0.39, 0.29) is 0 Å². The Kier molecular flexibility index (Phi) is 7.66. The second-order valence-electron chi connectivity index (χ2n) is 7.31. The summed E-state index contributed by atoms with van der Waals surface area (Å²) < 4.78 is 5.84. The number of pyridine rings is 1. The first-order valence-electron chi connectivity index (χ1n) is 10.6. The van der Waals surface area contributed by atoms with Crippen molar-refractivity contribution in [1.82, 2.24) is 4.98 Å². The van der Waals surface area contributed by atoms with Gasteiger partial charge in [0.1, 0.15) is 5.75 Å². The van der Waals surface area contributed by atoms with Gasteiger partial charge in [-0.1, -0.05) is 82.0 Å². The van der Waals surface area contributed by atoms with Gasteiger partial charge in [0.05, 0.1) is 12.3 Å². The predicted octanol–water partition coefficient (Wildman–Crippen LogP) is 7.33. The summed E-state index contributed by atoms with van der Waals surface area (Å²) in [5.74, 6) is 0.952. The standard InChI is InChI=1S/C26H31NO/c1-3-5-6-7-19-28-25-16-14-23(15-17-25)22-10-12-24(13-11-22)26-18-9-21(8-4-2)20-27-26/h9-18,20H,3-8,19H2,1-2H3. The molecule has 0 amide bonds. The second kappa shape index (κ2) is 10.7. The third-order valence-electron chi connectivity index (χ3n) is 5.00. The second-order valence-corrected chi connectivity index (χ2v) is 7.31. The average Bonchev–Trinajstić information content (AvgIpc) is 2.75. The van der Waals surface area contributed by atoms with Gasteiger partial charge in [-0.05, 0) is 47.7 Å². The summed E-state index contributed by atoms with van der Waals surface area (Å²) in [5.41, 5.74) is 5.89. The van der Waals surface area contributed by atoms with Crippen molar-refractivity contribution in [3.63, 3.8) is 0 Å². The smallest absolute Gasteiger partial charge is 0.119 e. The molecule has 2 heteroatoms. The lowest BCUT2D eigenvalue weighted by Crippen LogP contribution is -1.96. The maximum absolute atomic E-state index is 5.84. The first-order chi connectivity index (χ1) is 13.8. The van der Waals surface area contributed by atoms with E-state index in [2.05, 4.69) is 79.5 Å². The van der Waals surface area contributed by atoms with Crippen molar-refractivity contribution in [2.45, 2.75) is 52.4 Å². The van der Waals surface area contributed by atoms with Crippen molar-refractivity contribution in [3.8, 4) is 28.1 Å². The van der Waals surface area contributed by atoms with Crippen molar-refractivity contribution >= 4 is 0 Å². The zero-order chi connectivity index (χ0) is 19.6. The molecule has 0 aliphatic rings. The summed E-state index contributed by atoms with van der Waals surface area (Å²) >= 11 is 0. The maximum atomic E-state index is 5.84. The van der Waals surface area contributed by atoms with E-state index in [1.807, 2.05) is 6.20 Å². The van der Waals surface area contributed by atoms with E-state index in [1.54, 1.807) is 0 Å². The van der Waals surface area contributed by atoms with E-state index in [1.165, 1.54) is 36.0 Å². The number of ether oxygens (including phenoxy) is 1. The number of hydrogen-bond donors (Lipinski definition) is 0. The van der Waals surface area contributed by atoms with Gasteiger partial charge in [0.25, 0.3) is 0 Å². The van der Waals surface area contributed by atoms with Gasteiger partial charge in [-0.3, -0.25) is 4.98 Å². The molecule has 0 saturated carbocycles. The van der Waals surface area contributed by atoms with Gasteiger partial charge in [0.15, 0.2) is 0 Å². The number of unbranched alkanes of at least 4 members (excludes halogenated alkanes) is 3. The molecular weight excluding hydrogens is 342 g/mol. The average molecular weight is 374 g/mol. The van der Waals surface area contributed by atoms with Gasteiger partial charge >= 0.3 is 0 Å². The van der Waals surface area contributed by atoms with Crippen LogP contribution in [-0.4, -0.2) is 11.6 Å². The van der Waals surface area contributed by atoms with Gasteiger partial charge in [-0.2, -0.15) is 0 Å². The molecule has 0 fully saturated rings. The first kappa shape index (κ1) is 20.1. The number of rotatable bonds is 10. The van der Waals surface area contributed by atoms with Crippen molar-refractivity contribution in [2.75, 3.05) is 6.61 Å². The van der Waals surface area contributed by atoms with Crippen LogP contribution in [0.15, 0.2) is 66.9 Å². The summed E-state index contributed by atoms with van der Waals surface area (Å²) in [6.07, 6.45) is 9.16. The van der Waals surface area contributed by atoms with E-state index >= 15 is 0 Å². The molecule has 0 radical (unpaired) electrons. The Morgan fingerprint density at radius 3 is 1.96 bits per heavy atom. The summed E-state index contributed by atoms with van der Waals surface area (Å²) in [5, 5.41) is 0. The van der Waals surface area contributed by atoms with E-state index < -0.39 is 0 Å². The Labute approximate surface area is 169 Å². The summed E-state index contributed by atoms with van der Waals surface area (Å²) in [7, 11) is 0. The third-order valence-corrected chi connectivity index (χ3v) is 5.00. The van der Waals surface area contributed by atoms with E-state index in [0.717, 1.165) is 42.9 Å². The van der Waals surface area contributed by atoms with E-state index in [4.69, 9.17) is 4.74 Å². The number of hydrogen-bond acceptors (Lipinski definition) is 2. The Balaban J connectivity index is 1.60. The van der Waals surface area contributed by atoms with Crippen LogP contribution in [0.5, 0.6) is 5.75 Å². The maximum Gasteiger partial charge on any atom is 0.119 e. The highest BCUT2D eigenvalue weighted by Gasteiger charge is 2.03. The summed E-state index contributed by atoms with van der Waals surface area (Å²) in [4.78, 5) is 4.61. The fourth-order valence-corrected chi connectivity index (χ4v) is 3.33. The lowest BCUT2D eigenvalue weighted by Gasteiger charge is -2.08. The predicted molar refractivity (Wildman–Crippen MR) is 119 cm³/mol. The van der Waals surface area contributed by atoms with E-state index in [9.17, 15) is 0 Å². The molecule has 3 rings (SSSR count). The van der Waals surface area contributed by atoms with Crippen molar-refractivity contribution < 1.29 is 4.74 Å². The minimum atomic E-state index is 0.804. The van der Waals surface area contributed by atoms with Crippen LogP contribution in [0.1, 0.15) is 51.5 Å². The molecule has 0 atom stereocenters. The minimum absolute atomic E-state index is 0.804. The molecule has 2 aromatic carbocycles. The van der Waals surface area contributed by atoms with Gasteiger partial charge in [-0.25, -0.2) is 0 Å². The highest BCUT2D eigenvalue weighted by molar-refractivity contribution is 5.69. The first-order valence-corrected chi connectivity index (χ1v) is 10.6. The molecule has 0 saturated heterocycles. The van der Waals surface area contributed by atoms with Crippen LogP contribution in [-0.2, 0) is 6.42 Å². The Bertz CT molecular complexity index is 820. The van der Waals surface area contributed by atoms with Crippen LogP contribution in [0.3, 0.4) is 0 Å². The highest BCUT2D eigenvalue weighted by atomic mass is 16.5. The minimum Gasteiger partial charge on any atom is -0.494 e. The number of benzene rings is 2. The highest BCUT2D eigenvalue weighted by Crippen LogP contribution is 2.26. The molecule has 28 heavy (non-hydrogen) atoms. The fraction of sp³-hybridized carbons (Fsp3) is 0.346. The summed E-state index contributed by atoms with van der Waals surface area (Å²) in [6, 6.07) is 21.3. The third kappa shape index (κ3) is 5.69. The molecule has 0 aliphatic heterocycles. The number of nitrogens with zero attached hydrogens (tertiary/aromatic N) is 1. The Hall–Kier alpha value is -2.61. The molecule has 0 bridgehead atoms. The van der Waals surface area contributed by atoms with Gasteiger partial charge in [0.2, 0.25) is 0 Å². The van der Waals surface area contributed by atoms with Gasteiger partial charge in [0, 0.05) is 11.8 Å². The zero-order valence-corrected chi connectivity index (χ0v) is 17.2. The molecule has 0 N–H and O–H groups in total. The Morgan fingerprint density at radius 2 is 1.36 bits per heavy atom. The van der Waals surface area contributed by atoms with Crippen LogP contribution < -0.4 is 4.74 Å². The SMILES string of the molecule is CCCCCCOc1ccc(-c2ccc(-c3ccc(CCC)cn3)cc2)cc1. The van der Waals surface area contributed by atoms with Crippen molar-refractivity contribution in [1.29, 1.82) is 0 Å². The number of aryl methyl sites for hydroxylation is 1. The molecule has 0 aliphatic carbocycles. The van der Waals surface area contributed by atoms with Crippen molar-refractivity contribution in [3.05, 3.63) is 72.4 Å². The van der Waals surface area contributed by atoms with Gasteiger partial charge in [-0.15, -0.1) is 0 Å².